The third kappa shape index (κ3) is 6.09. The molecule has 0 spiro atoms. The van der Waals surface area contributed by atoms with Crippen molar-refractivity contribution in [3.63, 3.8) is 0 Å². The average Bonchev–Trinajstić information content (AvgIpc) is 3.10. The SMILES string of the molecule is CCOC(=O)CSCC(=O)Nc1sc2c(c1C(=O)NCc1ccccc1)CCCC2. The van der Waals surface area contributed by atoms with Gasteiger partial charge in [0.05, 0.1) is 23.7 Å². The summed E-state index contributed by atoms with van der Waals surface area (Å²) in [5.74, 6) is -0.449. The third-order valence-corrected chi connectivity index (χ3v) is 6.82. The van der Waals surface area contributed by atoms with E-state index in [-0.39, 0.29) is 29.3 Å². The molecule has 6 nitrogen and oxygen atoms in total. The normalized spacial score (nSPS) is 12.7. The quantitative estimate of drug-likeness (QED) is 0.573. The predicted molar refractivity (Wildman–Crippen MR) is 121 cm³/mol. The van der Waals surface area contributed by atoms with E-state index in [1.165, 1.54) is 28.0 Å². The molecule has 3 rings (SSSR count). The van der Waals surface area contributed by atoms with Gasteiger partial charge in [0.25, 0.3) is 5.91 Å². The van der Waals surface area contributed by atoms with Crippen LogP contribution in [-0.2, 0) is 33.7 Å². The largest absolute Gasteiger partial charge is 0.465 e. The van der Waals surface area contributed by atoms with E-state index in [4.69, 9.17) is 4.74 Å². The fourth-order valence-corrected chi connectivity index (χ4v) is 5.27. The van der Waals surface area contributed by atoms with Gasteiger partial charge in [-0.15, -0.1) is 23.1 Å². The van der Waals surface area contributed by atoms with E-state index in [0.29, 0.717) is 23.7 Å². The number of benzene rings is 1. The first-order valence-electron chi connectivity index (χ1n) is 10.1. The molecule has 2 amide bonds. The lowest BCUT2D eigenvalue weighted by atomic mass is 9.95. The van der Waals surface area contributed by atoms with Gasteiger partial charge >= 0.3 is 5.97 Å². The maximum absolute atomic E-state index is 13.0. The second kappa shape index (κ2) is 11.2. The summed E-state index contributed by atoms with van der Waals surface area (Å²) in [5.41, 5.74) is 2.68. The smallest absolute Gasteiger partial charge is 0.315 e. The van der Waals surface area contributed by atoms with Gasteiger partial charge in [-0.2, -0.15) is 0 Å². The molecule has 160 valence electrons. The van der Waals surface area contributed by atoms with Crippen LogP contribution in [0.1, 0.15) is 46.1 Å². The average molecular weight is 447 g/mol. The number of esters is 1. The first-order chi connectivity index (χ1) is 14.6. The number of ether oxygens (including phenoxy) is 1. The number of thiophene rings is 1. The maximum atomic E-state index is 13.0. The minimum atomic E-state index is -0.331. The summed E-state index contributed by atoms with van der Waals surface area (Å²) in [6, 6.07) is 9.74. The van der Waals surface area contributed by atoms with E-state index in [1.54, 1.807) is 6.92 Å². The molecule has 1 heterocycles. The molecule has 2 aromatic rings. The molecule has 8 heteroatoms. The zero-order valence-electron chi connectivity index (χ0n) is 17.0. The molecule has 2 N–H and O–H groups in total. The Morgan fingerprint density at radius 1 is 1.10 bits per heavy atom. The van der Waals surface area contributed by atoms with Gasteiger partial charge in [0, 0.05) is 11.4 Å². The summed E-state index contributed by atoms with van der Waals surface area (Å²) in [6.07, 6.45) is 3.94. The fourth-order valence-electron chi connectivity index (χ4n) is 3.35. The zero-order valence-corrected chi connectivity index (χ0v) is 18.6. The molecule has 0 bridgehead atoms. The fraction of sp³-hybridized carbons (Fsp3) is 0.409. The summed E-state index contributed by atoms with van der Waals surface area (Å²) in [5, 5.41) is 6.49. The van der Waals surface area contributed by atoms with Gasteiger partial charge in [0.15, 0.2) is 0 Å². The van der Waals surface area contributed by atoms with Gasteiger partial charge in [-0.3, -0.25) is 14.4 Å². The molecular formula is C22H26N2O4S2. The van der Waals surface area contributed by atoms with Crippen LogP contribution in [0, 0.1) is 0 Å². The highest BCUT2D eigenvalue weighted by Gasteiger charge is 2.26. The number of nitrogens with one attached hydrogen (secondary N) is 2. The monoisotopic (exact) mass is 446 g/mol. The van der Waals surface area contributed by atoms with E-state index in [0.717, 1.165) is 36.8 Å². The van der Waals surface area contributed by atoms with Crippen LogP contribution in [-0.4, -0.2) is 35.9 Å². The van der Waals surface area contributed by atoms with Crippen LogP contribution < -0.4 is 10.6 Å². The Labute approximate surface area is 184 Å². The number of aryl methyl sites for hydroxylation is 1. The van der Waals surface area contributed by atoms with Crippen LogP contribution in [0.25, 0.3) is 0 Å². The Morgan fingerprint density at radius 2 is 1.87 bits per heavy atom. The molecule has 0 saturated heterocycles. The molecule has 1 aliphatic carbocycles. The number of anilines is 1. The van der Waals surface area contributed by atoms with Crippen LogP contribution in [0.15, 0.2) is 30.3 Å². The Bertz CT molecular complexity index is 896. The number of carbonyl (C=O) groups excluding carboxylic acids is 3. The molecule has 0 saturated carbocycles. The van der Waals surface area contributed by atoms with Crippen LogP contribution >= 0.6 is 23.1 Å². The van der Waals surface area contributed by atoms with E-state index in [1.807, 2.05) is 30.3 Å². The maximum Gasteiger partial charge on any atom is 0.315 e. The Balaban J connectivity index is 1.66. The number of hydrogen-bond donors (Lipinski definition) is 2. The highest BCUT2D eigenvalue weighted by atomic mass is 32.2. The molecule has 1 aliphatic rings. The van der Waals surface area contributed by atoms with Crippen LogP contribution in [0.3, 0.4) is 0 Å². The summed E-state index contributed by atoms with van der Waals surface area (Å²) in [7, 11) is 0. The van der Waals surface area contributed by atoms with E-state index < -0.39 is 0 Å². The lowest BCUT2D eigenvalue weighted by molar-refractivity contribution is -0.139. The van der Waals surface area contributed by atoms with E-state index in [9.17, 15) is 14.4 Å². The molecule has 30 heavy (non-hydrogen) atoms. The Hall–Kier alpha value is -2.32. The number of rotatable bonds is 9. The molecule has 1 aromatic heterocycles. The van der Waals surface area contributed by atoms with Crippen molar-refractivity contribution in [1.29, 1.82) is 0 Å². The topological polar surface area (TPSA) is 84.5 Å². The van der Waals surface area contributed by atoms with Crippen LogP contribution in [0.4, 0.5) is 5.00 Å². The third-order valence-electron chi connectivity index (χ3n) is 4.71. The lowest BCUT2D eigenvalue weighted by Crippen LogP contribution is -2.25. The minimum Gasteiger partial charge on any atom is -0.465 e. The highest BCUT2D eigenvalue weighted by molar-refractivity contribution is 8.00. The van der Waals surface area contributed by atoms with Crippen molar-refractivity contribution in [2.24, 2.45) is 0 Å². The van der Waals surface area contributed by atoms with Crippen LogP contribution in [0.2, 0.25) is 0 Å². The molecule has 0 atom stereocenters. The Kier molecular flexibility index (Phi) is 8.33. The van der Waals surface area contributed by atoms with Gasteiger partial charge in [0.2, 0.25) is 5.91 Å². The molecular weight excluding hydrogens is 420 g/mol. The highest BCUT2D eigenvalue weighted by Crippen LogP contribution is 2.38. The molecule has 0 aliphatic heterocycles. The lowest BCUT2D eigenvalue weighted by Gasteiger charge is -2.13. The predicted octanol–water partition coefficient (Wildman–Crippen LogP) is 3.79. The van der Waals surface area contributed by atoms with Gasteiger partial charge < -0.3 is 15.4 Å². The van der Waals surface area contributed by atoms with E-state index in [2.05, 4.69) is 10.6 Å². The summed E-state index contributed by atoms with van der Waals surface area (Å²) in [6.45, 7) is 2.51. The summed E-state index contributed by atoms with van der Waals surface area (Å²) >= 11 is 2.70. The van der Waals surface area contributed by atoms with Crippen molar-refractivity contribution in [3.8, 4) is 0 Å². The summed E-state index contributed by atoms with van der Waals surface area (Å²) < 4.78 is 4.87. The van der Waals surface area contributed by atoms with Crippen molar-refractivity contribution in [2.45, 2.75) is 39.2 Å². The van der Waals surface area contributed by atoms with Gasteiger partial charge in [-0.1, -0.05) is 30.3 Å². The Morgan fingerprint density at radius 3 is 2.63 bits per heavy atom. The van der Waals surface area contributed by atoms with Crippen molar-refractivity contribution < 1.29 is 19.1 Å². The number of hydrogen-bond acceptors (Lipinski definition) is 6. The van der Waals surface area contributed by atoms with Crippen LogP contribution in [0.5, 0.6) is 0 Å². The second-order valence-corrected chi connectivity index (χ2v) is 9.02. The van der Waals surface area contributed by atoms with Gasteiger partial charge in [-0.05, 0) is 43.7 Å². The van der Waals surface area contributed by atoms with Crippen molar-refractivity contribution in [1.82, 2.24) is 5.32 Å². The summed E-state index contributed by atoms with van der Waals surface area (Å²) in [4.78, 5) is 38.0. The van der Waals surface area contributed by atoms with E-state index >= 15 is 0 Å². The standard InChI is InChI=1S/C22H26N2O4S2/c1-2-28-19(26)14-29-13-18(25)24-22-20(16-10-6-7-11-17(16)30-22)21(27)23-12-15-8-4-3-5-9-15/h3-5,8-9H,2,6-7,10-14H2,1H3,(H,23,27)(H,24,25). The first-order valence-corrected chi connectivity index (χ1v) is 12.1. The van der Waals surface area contributed by atoms with Crippen molar-refractivity contribution in [2.75, 3.05) is 23.4 Å². The zero-order chi connectivity index (χ0) is 21.3. The molecule has 0 radical (unpaired) electrons. The number of thioether (sulfide) groups is 1. The minimum absolute atomic E-state index is 0.131. The van der Waals surface area contributed by atoms with Gasteiger partial charge in [0.1, 0.15) is 5.00 Å². The number of carbonyl (C=O) groups is 3. The molecule has 0 unspecified atom stereocenters. The first kappa shape index (κ1) is 22.4. The molecule has 0 fully saturated rings. The van der Waals surface area contributed by atoms with Crippen molar-refractivity contribution >= 4 is 45.9 Å². The van der Waals surface area contributed by atoms with Gasteiger partial charge in [-0.25, -0.2) is 0 Å². The molecule has 1 aromatic carbocycles. The number of amides is 2. The number of fused-ring (bicyclic) bond motifs is 1. The second-order valence-electron chi connectivity index (χ2n) is 6.93. The van der Waals surface area contributed by atoms with Crippen molar-refractivity contribution in [3.05, 3.63) is 51.9 Å².